The zero-order valence-electron chi connectivity index (χ0n) is 35.4. The van der Waals surface area contributed by atoms with Crippen LogP contribution in [0, 0.1) is 5.92 Å². The molecule has 0 fully saturated rings. The minimum absolute atomic E-state index is 0.00185. The van der Waals surface area contributed by atoms with Gasteiger partial charge in [0, 0.05) is 25.3 Å². The highest BCUT2D eigenvalue weighted by molar-refractivity contribution is 5.95. The number of hydrogen-bond acceptors (Lipinski definition) is 9. The zero-order chi connectivity index (χ0) is 44.7. The molecule has 4 amide bonds. The van der Waals surface area contributed by atoms with Gasteiger partial charge in [-0.15, -0.1) is 0 Å². The Hall–Kier alpha value is -6.45. The molecule has 61 heavy (non-hydrogen) atoms. The van der Waals surface area contributed by atoms with Crippen LogP contribution in [0.1, 0.15) is 89.3 Å². The molecule has 1 aliphatic rings. The molecule has 16 nitrogen and oxygen atoms in total. The maximum Gasteiger partial charge on any atom is 0.407 e. The van der Waals surface area contributed by atoms with E-state index in [0.29, 0.717) is 5.56 Å². The van der Waals surface area contributed by atoms with Gasteiger partial charge in [0.2, 0.25) is 17.7 Å². The lowest BCUT2D eigenvalue weighted by Crippen LogP contribution is -2.58. The summed E-state index contributed by atoms with van der Waals surface area (Å²) in [6.45, 7) is 8.97. The van der Waals surface area contributed by atoms with Crippen LogP contribution in [0.3, 0.4) is 0 Å². The monoisotopic (exact) mass is 841 g/mol. The van der Waals surface area contributed by atoms with Crippen LogP contribution in [0.4, 0.5) is 4.79 Å². The Labute approximate surface area is 356 Å². The van der Waals surface area contributed by atoms with Crippen molar-refractivity contribution in [3.63, 3.8) is 0 Å². The molecule has 3 aromatic rings. The standard InChI is InChI=1S/C45H59N7O9/c1-27(2)24-37(42(58)61-45(3,4)5)51-39(55)34(20-13-23-48-43(46)47)49-40(56)35(21-22-38(53)54)50-41(57)36(25-28-14-7-6-8-15-28)52-44(59)60-26-33-31-18-11-9-16-29(31)30-17-10-12-19-32(30)33/h6-12,14-19,27,33-37H,13,20-26H2,1-5H3,(H,49,56)(H,50,57)(H,51,55)(H,52,59)(H,53,54)(H4,46,47,48)/t34-,35-,36-,37-/m0/s1. The van der Waals surface area contributed by atoms with Crippen LogP contribution < -0.4 is 32.7 Å². The lowest BCUT2D eigenvalue weighted by atomic mass is 9.98. The number of carboxylic acids is 1. The minimum Gasteiger partial charge on any atom is -0.481 e. The fourth-order valence-electron chi connectivity index (χ4n) is 7.03. The van der Waals surface area contributed by atoms with Gasteiger partial charge in [-0.2, -0.15) is 0 Å². The van der Waals surface area contributed by atoms with Gasteiger partial charge in [-0.05, 0) is 80.2 Å². The average molecular weight is 842 g/mol. The molecule has 0 bridgehead atoms. The van der Waals surface area contributed by atoms with E-state index in [-0.39, 0.29) is 63.1 Å². The van der Waals surface area contributed by atoms with E-state index in [1.807, 2.05) is 62.4 Å². The normalized spacial score (nSPS) is 13.9. The van der Waals surface area contributed by atoms with Gasteiger partial charge in [0.05, 0.1) is 0 Å². The molecular formula is C45H59N7O9. The van der Waals surface area contributed by atoms with Crippen LogP contribution in [-0.4, -0.2) is 89.7 Å². The van der Waals surface area contributed by atoms with Gasteiger partial charge in [0.25, 0.3) is 0 Å². The molecule has 328 valence electrons. The van der Waals surface area contributed by atoms with Gasteiger partial charge in [0.15, 0.2) is 5.96 Å². The molecular weight excluding hydrogens is 783 g/mol. The van der Waals surface area contributed by atoms with Gasteiger partial charge >= 0.3 is 18.0 Å². The second-order valence-corrected chi connectivity index (χ2v) is 16.4. The van der Waals surface area contributed by atoms with Crippen molar-refractivity contribution in [3.8, 4) is 11.1 Å². The highest BCUT2D eigenvalue weighted by Gasteiger charge is 2.34. The molecule has 0 heterocycles. The quantitative estimate of drug-likeness (QED) is 0.0351. The molecule has 0 radical (unpaired) electrons. The van der Waals surface area contributed by atoms with Gasteiger partial charge in [-0.3, -0.25) is 24.2 Å². The summed E-state index contributed by atoms with van der Waals surface area (Å²) in [5.74, 6) is -4.68. The predicted octanol–water partition coefficient (Wildman–Crippen LogP) is 3.90. The number of ether oxygens (including phenoxy) is 2. The molecule has 0 saturated heterocycles. The summed E-state index contributed by atoms with van der Waals surface area (Å²) in [5.41, 5.74) is 14.9. The average Bonchev–Trinajstić information content (AvgIpc) is 3.51. The number of aliphatic carboxylic acids is 1. The number of esters is 1. The summed E-state index contributed by atoms with van der Waals surface area (Å²) in [6, 6.07) is 19.6. The summed E-state index contributed by atoms with van der Waals surface area (Å²) < 4.78 is 11.3. The number of nitrogens with zero attached hydrogens (tertiary/aromatic N) is 1. The third kappa shape index (κ3) is 15.0. The highest BCUT2D eigenvalue weighted by Crippen LogP contribution is 2.44. The molecule has 0 unspecified atom stereocenters. The van der Waals surface area contributed by atoms with E-state index in [2.05, 4.69) is 26.3 Å². The lowest BCUT2D eigenvalue weighted by Gasteiger charge is -2.28. The van der Waals surface area contributed by atoms with Crippen LogP contribution in [0.2, 0.25) is 0 Å². The first-order valence-corrected chi connectivity index (χ1v) is 20.5. The molecule has 4 atom stereocenters. The first-order chi connectivity index (χ1) is 28.9. The topological polar surface area (TPSA) is 254 Å². The van der Waals surface area contributed by atoms with E-state index in [9.17, 15) is 33.9 Å². The molecule has 0 aliphatic heterocycles. The minimum atomic E-state index is -1.46. The number of hydrogen-bond donors (Lipinski definition) is 7. The lowest BCUT2D eigenvalue weighted by molar-refractivity contribution is -0.159. The fraction of sp³-hybridized carbons (Fsp3) is 0.444. The number of alkyl carbamates (subject to hydrolysis) is 1. The van der Waals surface area contributed by atoms with Crippen molar-refractivity contribution in [2.24, 2.45) is 22.4 Å². The molecule has 0 aromatic heterocycles. The Morgan fingerprint density at radius 2 is 1.25 bits per heavy atom. The predicted molar refractivity (Wildman–Crippen MR) is 230 cm³/mol. The smallest absolute Gasteiger partial charge is 0.407 e. The Morgan fingerprint density at radius 1 is 0.721 bits per heavy atom. The number of fused-ring (bicyclic) bond motifs is 3. The molecule has 4 rings (SSSR count). The number of guanidine groups is 1. The first-order valence-electron chi connectivity index (χ1n) is 20.5. The number of carboxylic acid groups (broad SMARTS) is 1. The van der Waals surface area contributed by atoms with Crippen LogP contribution in [-0.2, 0) is 39.9 Å². The van der Waals surface area contributed by atoms with Crippen molar-refractivity contribution < 1.29 is 43.3 Å². The van der Waals surface area contributed by atoms with Crippen LogP contribution in [0.15, 0.2) is 83.9 Å². The van der Waals surface area contributed by atoms with Gasteiger partial charge < -0.3 is 47.3 Å². The molecule has 9 N–H and O–H groups in total. The Kier molecular flexibility index (Phi) is 17.2. The van der Waals surface area contributed by atoms with Crippen LogP contribution >= 0.6 is 0 Å². The number of nitrogens with one attached hydrogen (secondary N) is 4. The summed E-state index contributed by atoms with van der Waals surface area (Å²) in [4.78, 5) is 84.2. The summed E-state index contributed by atoms with van der Waals surface area (Å²) in [6.07, 6.45) is -1.26. The maximum atomic E-state index is 14.1. The van der Waals surface area contributed by atoms with E-state index in [4.69, 9.17) is 20.9 Å². The Morgan fingerprint density at radius 3 is 1.79 bits per heavy atom. The van der Waals surface area contributed by atoms with Gasteiger partial charge in [0.1, 0.15) is 36.4 Å². The van der Waals surface area contributed by atoms with Crippen molar-refractivity contribution in [2.75, 3.05) is 13.2 Å². The van der Waals surface area contributed by atoms with E-state index in [1.165, 1.54) is 0 Å². The van der Waals surface area contributed by atoms with Crippen molar-refractivity contribution in [1.82, 2.24) is 21.3 Å². The van der Waals surface area contributed by atoms with Crippen molar-refractivity contribution >= 4 is 41.7 Å². The number of aliphatic imine (C=N–C) groups is 1. The zero-order valence-corrected chi connectivity index (χ0v) is 35.4. The number of nitrogens with two attached hydrogens (primary N) is 2. The number of rotatable bonds is 21. The fourth-order valence-corrected chi connectivity index (χ4v) is 7.03. The molecule has 0 spiro atoms. The van der Waals surface area contributed by atoms with E-state index in [1.54, 1.807) is 51.1 Å². The third-order valence-electron chi connectivity index (χ3n) is 9.81. The number of carbonyl (C=O) groups is 6. The maximum absolute atomic E-state index is 14.1. The highest BCUT2D eigenvalue weighted by atomic mass is 16.6. The Balaban J connectivity index is 1.54. The Bertz CT molecular complexity index is 1980. The molecule has 16 heteroatoms. The van der Waals surface area contributed by atoms with Crippen LogP contribution in [0.5, 0.6) is 0 Å². The first kappa shape index (κ1) is 47.2. The molecule has 1 aliphatic carbocycles. The largest absolute Gasteiger partial charge is 0.481 e. The third-order valence-corrected chi connectivity index (χ3v) is 9.81. The van der Waals surface area contributed by atoms with Crippen molar-refractivity contribution in [3.05, 3.63) is 95.6 Å². The SMILES string of the molecule is CC(C)C[C@H](NC(=O)[C@H](CCCN=C(N)N)NC(=O)[C@H](CCC(=O)O)NC(=O)[C@H](Cc1ccccc1)NC(=O)OCC1c2ccccc2-c2ccccc21)C(=O)OC(C)(C)C. The summed E-state index contributed by atoms with van der Waals surface area (Å²) >= 11 is 0. The van der Waals surface area contributed by atoms with Gasteiger partial charge in [-0.1, -0.05) is 92.7 Å². The summed E-state index contributed by atoms with van der Waals surface area (Å²) in [7, 11) is 0. The summed E-state index contributed by atoms with van der Waals surface area (Å²) in [5, 5.41) is 20.2. The number of benzene rings is 3. The molecule has 0 saturated carbocycles. The van der Waals surface area contributed by atoms with Crippen LogP contribution in [0.25, 0.3) is 11.1 Å². The van der Waals surface area contributed by atoms with Crippen molar-refractivity contribution in [2.45, 2.75) is 109 Å². The van der Waals surface area contributed by atoms with E-state index in [0.717, 1.165) is 22.3 Å². The number of carbonyl (C=O) groups excluding carboxylic acids is 5. The molecule has 3 aromatic carbocycles. The number of amides is 4. The van der Waals surface area contributed by atoms with E-state index < -0.39 is 71.9 Å². The van der Waals surface area contributed by atoms with E-state index >= 15 is 0 Å². The van der Waals surface area contributed by atoms with Crippen molar-refractivity contribution in [1.29, 1.82) is 0 Å². The second kappa shape index (κ2) is 22.2. The second-order valence-electron chi connectivity index (χ2n) is 16.4. The van der Waals surface area contributed by atoms with Gasteiger partial charge in [-0.25, -0.2) is 9.59 Å².